The molecule has 4 heteroatoms. The minimum absolute atomic E-state index is 0.0286. The molecule has 1 amide bonds. The molecule has 0 aliphatic rings. The van der Waals surface area contributed by atoms with Crippen molar-refractivity contribution in [2.45, 2.75) is 26.3 Å². The molecule has 1 unspecified atom stereocenters. The van der Waals surface area contributed by atoms with E-state index >= 15 is 0 Å². The second kappa shape index (κ2) is 6.12. The Kier molecular flexibility index (Phi) is 4.79. The standard InChI is InChI=1S/C12H18N2O2/c1-3-13-9(2)8-12(16)14-10-4-6-11(15)7-5-10/h4-7,9,13,15H,3,8H2,1-2H3,(H,14,16). The van der Waals surface area contributed by atoms with Crippen molar-refractivity contribution in [3.63, 3.8) is 0 Å². The summed E-state index contributed by atoms with van der Waals surface area (Å²) in [4.78, 5) is 11.6. The third-order valence-corrected chi connectivity index (χ3v) is 2.20. The van der Waals surface area contributed by atoms with Crippen LogP contribution < -0.4 is 10.6 Å². The van der Waals surface area contributed by atoms with Crippen molar-refractivity contribution in [3.05, 3.63) is 24.3 Å². The highest BCUT2D eigenvalue weighted by Gasteiger charge is 2.07. The number of phenolic OH excluding ortho intramolecular Hbond substituents is 1. The number of benzene rings is 1. The van der Waals surface area contributed by atoms with Gasteiger partial charge in [0, 0.05) is 18.2 Å². The Morgan fingerprint density at radius 1 is 1.38 bits per heavy atom. The van der Waals surface area contributed by atoms with Gasteiger partial charge in [0.25, 0.3) is 0 Å². The van der Waals surface area contributed by atoms with Gasteiger partial charge in [0.15, 0.2) is 0 Å². The second-order valence-electron chi connectivity index (χ2n) is 3.76. The van der Waals surface area contributed by atoms with Crippen LogP contribution in [0, 0.1) is 0 Å². The summed E-state index contributed by atoms with van der Waals surface area (Å²) in [6.45, 7) is 4.84. The zero-order chi connectivity index (χ0) is 12.0. The average molecular weight is 222 g/mol. The molecule has 0 spiro atoms. The van der Waals surface area contributed by atoms with Crippen molar-refractivity contribution in [2.75, 3.05) is 11.9 Å². The minimum Gasteiger partial charge on any atom is -0.508 e. The SMILES string of the molecule is CCNC(C)CC(=O)Nc1ccc(O)cc1. The largest absolute Gasteiger partial charge is 0.508 e. The highest BCUT2D eigenvalue weighted by molar-refractivity contribution is 5.91. The summed E-state index contributed by atoms with van der Waals surface area (Å²) in [5, 5.41) is 15.0. The number of carbonyl (C=O) groups is 1. The van der Waals surface area contributed by atoms with Crippen molar-refractivity contribution in [1.29, 1.82) is 0 Å². The number of anilines is 1. The summed E-state index contributed by atoms with van der Waals surface area (Å²) in [6.07, 6.45) is 0.439. The molecule has 3 N–H and O–H groups in total. The number of amides is 1. The van der Waals surface area contributed by atoms with Crippen LogP contribution in [-0.4, -0.2) is 23.6 Å². The van der Waals surface area contributed by atoms with Crippen LogP contribution in [0.4, 0.5) is 5.69 Å². The summed E-state index contributed by atoms with van der Waals surface area (Å²) < 4.78 is 0. The van der Waals surface area contributed by atoms with Gasteiger partial charge >= 0.3 is 0 Å². The van der Waals surface area contributed by atoms with Crippen LogP contribution in [0.3, 0.4) is 0 Å². The zero-order valence-corrected chi connectivity index (χ0v) is 9.66. The van der Waals surface area contributed by atoms with E-state index in [-0.39, 0.29) is 17.7 Å². The predicted molar refractivity (Wildman–Crippen MR) is 64.5 cm³/mol. The smallest absolute Gasteiger partial charge is 0.225 e. The van der Waals surface area contributed by atoms with Crippen molar-refractivity contribution in [1.82, 2.24) is 5.32 Å². The maximum Gasteiger partial charge on any atom is 0.225 e. The van der Waals surface area contributed by atoms with Crippen LogP contribution in [0.15, 0.2) is 24.3 Å². The molecule has 0 heterocycles. The van der Waals surface area contributed by atoms with Gasteiger partial charge < -0.3 is 15.7 Å². The molecule has 0 aromatic heterocycles. The highest BCUT2D eigenvalue weighted by atomic mass is 16.3. The summed E-state index contributed by atoms with van der Waals surface area (Å²) >= 11 is 0. The maximum absolute atomic E-state index is 11.6. The number of phenols is 1. The molecule has 1 aromatic carbocycles. The highest BCUT2D eigenvalue weighted by Crippen LogP contribution is 2.13. The number of aromatic hydroxyl groups is 1. The minimum atomic E-state index is -0.0286. The Balaban J connectivity index is 2.42. The van der Waals surface area contributed by atoms with Crippen molar-refractivity contribution in [2.24, 2.45) is 0 Å². The molecule has 88 valence electrons. The summed E-state index contributed by atoms with van der Waals surface area (Å²) in [5.41, 5.74) is 0.700. The first-order chi connectivity index (χ1) is 7.61. The fraction of sp³-hybridized carbons (Fsp3) is 0.417. The van der Waals surface area contributed by atoms with Crippen LogP contribution in [0.1, 0.15) is 20.3 Å². The lowest BCUT2D eigenvalue weighted by Gasteiger charge is -2.12. The van der Waals surface area contributed by atoms with Gasteiger partial charge in [0.05, 0.1) is 0 Å². The van der Waals surface area contributed by atoms with E-state index in [0.717, 1.165) is 6.54 Å². The van der Waals surface area contributed by atoms with Crippen LogP contribution in [0.25, 0.3) is 0 Å². The maximum atomic E-state index is 11.6. The van der Waals surface area contributed by atoms with Gasteiger partial charge in [-0.15, -0.1) is 0 Å². The predicted octanol–water partition coefficient (Wildman–Crippen LogP) is 1.72. The van der Waals surface area contributed by atoms with Gasteiger partial charge in [-0.25, -0.2) is 0 Å². The fourth-order valence-corrected chi connectivity index (χ4v) is 1.46. The Hall–Kier alpha value is -1.55. The number of carbonyl (C=O) groups excluding carboxylic acids is 1. The lowest BCUT2D eigenvalue weighted by atomic mass is 10.2. The average Bonchev–Trinajstić information content (AvgIpc) is 2.21. The molecule has 1 atom stereocenters. The lowest BCUT2D eigenvalue weighted by Crippen LogP contribution is -2.30. The summed E-state index contributed by atoms with van der Waals surface area (Å²) in [5.74, 6) is 0.165. The molecule has 1 rings (SSSR count). The van der Waals surface area contributed by atoms with Gasteiger partial charge in [-0.2, -0.15) is 0 Å². The van der Waals surface area contributed by atoms with Crippen LogP contribution in [0.2, 0.25) is 0 Å². The van der Waals surface area contributed by atoms with E-state index in [2.05, 4.69) is 10.6 Å². The van der Waals surface area contributed by atoms with E-state index in [0.29, 0.717) is 12.1 Å². The van der Waals surface area contributed by atoms with Gasteiger partial charge in [-0.05, 0) is 37.7 Å². The molecule has 0 bridgehead atoms. The van der Waals surface area contributed by atoms with Crippen LogP contribution in [0.5, 0.6) is 5.75 Å². The number of rotatable bonds is 5. The monoisotopic (exact) mass is 222 g/mol. The number of hydrogen-bond donors (Lipinski definition) is 3. The normalized spacial score (nSPS) is 12.1. The molecule has 0 aliphatic heterocycles. The Bertz CT molecular complexity index is 335. The molecule has 4 nitrogen and oxygen atoms in total. The molecule has 16 heavy (non-hydrogen) atoms. The van der Waals surface area contributed by atoms with Crippen molar-refractivity contribution < 1.29 is 9.90 Å². The third kappa shape index (κ3) is 4.31. The third-order valence-electron chi connectivity index (χ3n) is 2.20. The Labute approximate surface area is 95.7 Å². The molecular formula is C12H18N2O2. The molecule has 0 saturated carbocycles. The first kappa shape index (κ1) is 12.5. The Morgan fingerprint density at radius 2 is 2.00 bits per heavy atom. The topological polar surface area (TPSA) is 61.4 Å². The molecule has 0 fully saturated rings. The van der Waals surface area contributed by atoms with Crippen molar-refractivity contribution >= 4 is 11.6 Å². The number of nitrogens with one attached hydrogen (secondary N) is 2. The van der Waals surface area contributed by atoms with Crippen LogP contribution in [-0.2, 0) is 4.79 Å². The van der Waals surface area contributed by atoms with Gasteiger partial charge in [-0.3, -0.25) is 4.79 Å². The number of hydrogen-bond acceptors (Lipinski definition) is 3. The summed E-state index contributed by atoms with van der Waals surface area (Å²) in [7, 11) is 0. The van der Waals surface area contributed by atoms with Crippen molar-refractivity contribution in [3.8, 4) is 5.75 Å². The molecule has 0 radical (unpaired) electrons. The first-order valence-corrected chi connectivity index (χ1v) is 5.44. The Morgan fingerprint density at radius 3 is 2.56 bits per heavy atom. The van der Waals surface area contributed by atoms with Gasteiger partial charge in [0.1, 0.15) is 5.75 Å². The fourth-order valence-electron chi connectivity index (χ4n) is 1.46. The quantitative estimate of drug-likeness (QED) is 0.665. The van der Waals surface area contributed by atoms with Crippen LogP contribution >= 0.6 is 0 Å². The lowest BCUT2D eigenvalue weighted by molar-refractivity contribution is -0.116. The molecule has 0 aliphatic carbocycles. The first-order valence-electron chi connectivity index (χ1n) is 5.44. The van der Waals surface area contributed by atoms with Gasteiger partial charge in [-0.1, -0.05) is 6.92 Å². The van der Waals surface area contributed by atoms with E-state index in [4.69, 9.17) is 5.11 Å². The molecular weight excluding hydrogens is 204 g/mol. The second-order valence-corrected chi connectivity index (χ2v) is 3.76. The van der Waals surface area contributed by atoms with E-state index in [1.54, 1.807) is 24.3 Å². The van der Waals surface area contributed by atoms with E-state index in [1.807, 2.05) is 13.8 Å². The van der Waals surface area contributed by atoms with E-state index in [1.165, 1.54) is 0 Å². The molecule has 1 aromatic rings. The van der Waals surface area contributed by atoms with E-state index < -0.39 is 0 Å². The summed E-state index contributed by atoms with van der Waals surface area (Å²) in [6, 6.07) is 6.60. The van der Waals surface area contributed by atoms with Gasteiger partial charge in [0.2, 0.25) is 5.91 Å². The molecule has 0 saturated heterocycles. The zero-order valence-electron chi connectivity index (χ0n) is 9.66. The van der Waals surface area contributed by atoms with E-state index in [9.17, 15) is 4.79 Å².